The van der Waals surface area contributed by atoms with Gasteiger partial charge in [-0.1, -0.05) is 6.07 Å². The van der Waals surface area contributed by atoms with Gasteiger partial charge in [0.15, 0.2) is 0 Å². The number of halogens is 2. The number of aliphatic hydroxyl groups excluding tert-OH is 1. The molecule has 0 aliphatic heterocycles. The molecular formula is C10H10BrFO4. The minimum absolute atomic E-state index is 0.169. The molecule has 1 aromatic rings. The number of methoxy groups -OCH3 is 1. The van der Waals surface area contributed by atoms with E-state index in [9.17, 15) is 14.3 Å². The minimum atomic E-state index is -2.35. The molecule has 0 aliphatic rings. The SMILES string of the molecule is COc1ccc(C(O)C(F)C(=O)O)cc1Br. The predicted octanol–water partition coefficient (Wildman–Crippen LogP) is 1.91. The molecule has 0 aromatic heterocycles. The molecule has 0 amide bonds. The lowest BCUT2D eigenvalue weighted by Gasteiger charge is -2.13. The maximum atomic E-state index is 13.0. The topological polar surface area (TPSA) is 66.8 Å². The zero-order valence-corrected chi connectivity index (χ0v) is 9.94. The van der Waals surface area contributed by atoms with E-state index in [1.165, 1.54) is 25.3 Å². The monoisotopic (exact) mass is 292 g/mol. The maximum absolute atomic E-state index is 13.0. The molecule has 2 N–H and O–H groups in total. The van der Waals surface area contributed by atoms with Crippen LogP contribution in [0.1, 0.15) is 11.7 Å². The normalized spacial score (nSPS) is 14.2. The van der Waals surface area contributed by atoms with Crippen molar-refractivity contribution in [1.82, 2.24) is 0 Å². The van der Waals surface area contributed by atoms with E-state index in [4.69, 9.17) is 9.84 Å². The minimum Gasteiger partial charge on any atom is -0.496 e. The highest BCUT2D eigenvalue weighted by atomic mass is 79.9. The highest BCUT2D eigenvalue weighted by Gasteiger charge is 2.27. The summed E-state index contributed by atoms with van der Waals surface area (Å²) in [7, 11) is 1.46. The van der Waals surface area contributed by atoms with Crippen LogP contribution in [-0.4, -0.2) is 29.5 Å². The first-order valence-electron chi connectivity index (χ1n) is 4.35. The lowest BCUT2D eigenvalue weighted by atomic mass is 10.1. The number of aliphatic carboxylic acids is 1. The predicted molar refractivity (Wildman–Crippen MR) is 58.2 cm³/mol. The third-order valence-electron chi connectivity index (χ3n) is 2.03. The van der Waals surface area contributed by atoms with Gasteiger partial charge in [-0.05, 0) is 33.6 Å². The van der Waals surface area contributed by atoms with E-state index in [0.29, 0.717) is 10.2 Å². The molecule has 0 saturated heterocycles. The van der Waals surface area contributed by atoms with Crippen LogP contribution in [0.5, 0.6) is 5.75 Å². The Hall–Kier alpha value is -1.14. The van der Waals surface area contributed by atoms with E-state index in [1.54, 1.807) is 0 Å². The zero-order valence-electron chi connectivity index (χ0n) is 8.35. The Balaban J connectivity index is 2.97. The average Bonchev–Trinajstić information content (AvgIpc) is 2.26. The van der Waals surface area contributed by atoms with Gasteiger partial charge in [-0.2, -0.15) is 0 Å². The fourth-order valence-electron chi connectivity index (χ4n) is 1.17. The van der Waals surface area contributed by atoms with Crippen LogP contribution in [0.3, 0.4) is 0 Å². The third-order valence-corrected chi connectivity index (χ3v) is 2.65. The first kappa shape index (κ1) is 12.9. The first-order valence-corrected chi connectivity index (χ1v) is 5.15. The Morgan fingerprint density at radius 1 is 1.56 bits per heavy atom. The van der Waals surface area contributed by atoms with E-state index in [-0.39, 0.29) is 5.56 Å². The van der Waals surface area contributed by atoms with Crippen molar-refractivity contribution in [1.29, 1.82) is 0 Å². The third kappa shape index (κ3) is 2.70. The number of alkyl halides is 1. The molecule has 0 bridgehead atoms. The number of carboxylic acid groups (broad SMARTS) is 1. The van der Waals surface area contributed by atoms with Crippen molar-refractivity contribution in [3.63, 3.8) is 0 Å². The second-order valence-electron chi connectivity index (χ2n) is 3.08. The molecule has 1 rings (SSSR count). The summed E-state index contributed by atoms with van der Waals surface area (Å²) in [5.41, 5.74) is 0.169. The molecule has 2 atom stereocenters. The van der Waals surface area contributed by atoms with Crippen molar-refractivity contribution < 1.29 is 24.1 Å². The summed E-state index contributed by atoms with van der Waals surface area (Å²) in [5, 5.41) is 17.8. The number of aliphatic hydroxyl groups is 1. The second kappa shape index (κ2) is 5.27. The smallest absolute Gasteiger partial charge is 0.341 e. The number of hydrogen-bond donors (Lipinski definition) is 2. The highest BCUT2D eigenvalue weighted by Crippen LogP contribution is 2.29. The fraction of sp³-hybridized carbons (Fsp3) is 0.300. The Labute approximate surface area is 99.8 Å². The van der Waals surface area contributed by atoms with Crippen LogP contribution >= 0.6 is 15.9 Å². The molecule has 16 heavy (non-hydrogen) atoms. The van der Waals surface area contributed by atoms with Crippen molar-refractivity contribution in [3.05, 3.63) is 28.2 Å². The molecule has 1 aromatic carbocycles. The van der Waals surface area contributed by atoms with Gasteiger partial charge in [0.2, 0.25) is 6.17 Å². The number of ether oxygens (including phenoxy) is 1. The Kier molecular flexibility index (Phi) is 4.26. The fourth-order valence-corrected chi connectivity index (χ4v) is 1.73. The van der Waals surface area contributed by atoms with Crippen molar-refractivity contribution in [2.24, 2.45) is 0 Å². The van der Waals surface area contributed by atoms with Gasteiger partial charge >= 0.3 is 5.97 Å². The number of carboxylic acids is 1. The van der Waals surface area contributed by atoms with Crippen LogP contribution in [0, 0.1) is 0 Å². The molecule has 88 valence electrons. The zero-order chi connectivity index (χ0) is 12.3. The number of hydrogen-bond acceptors (Lipinski definition) is 3. The van der Waals surface area contributed by atoms with E-state index in [0.717, 1.165) is 0 Å². The summed E-state index contributed by atoms with van der Waals surface area (Å²) < 4.78 is 18.5. The van der Waals surface area contributed by atoms with E-state index >= 15 is 0 Å². The summed E-state index contributed by atoms with van der Waals surface area (Å²) in [6.45, 7) is 0. The van der Waals surface area contributed by atoms with Crippen molar-refractivity contribution in [2.75, 3.05) is 7.11 Å². The van der Waals surface area contributed by atoms with E-state index < -0.39 is 18.2 Å². The van der Waals surface area contributed by atoms with Gasteiger partial charge in [-0.25, -0.2) is 9.18 Å². The second-order valence-corrected chi connectivity index (χ2v) is 3.93. The van der Waals surface area contributed by atoms with Gasteiger partial charge in [-0.3, -0.25) is 0 Å². The van der Waals surface area contributed by atoms with Gasteiger partial charge in [0.25, 0.3) is 0 Å². The van der Waals surface area contributed by atoms with E-state index in [2.05, 4.69) is 15.9 Å². The molecule has 0 heterocycles. The maximum Gasteiger partial charge on any atom is 0.341 e. The van der Waals surface area contributed by atoms with Crippen molar-refractivity contribution in [3.8, 4) is 5.75 Å². The van der Waals surface area contributed by atoms with Crippen LogP contribution in [0.25, 0.3) is 0 Å². The van der Waals surface area contributed by atoms with Gasteiger partial charge in [-0.15, -0.1) is 0 Å². The number of rotatable bonds is 4. The standard InChI is InChI=1S/C10H10BrFO4/c1-16-7-3-2-5(4-6(7)11)9(13)8(12)10(14)15/h2-4,8-9,13H,1H3,(H,14,15). The molecule has 0 aliphatic carbocycles. The average molecular weight is 293 g/mol. The lowest BCUT2D eigenvalue weighted by Crippen LogP contribution is -2.23. The summed E-state index contributed by atoms with van der Waals surface area (Å²) in [6, 6.07) is 4.33. The molecule has 0 radical (unpaired) electrons. The summed E-state index contributed by atoms with van der Waals surface area (Å²) in [4.78, 5) is 10.4. The Bertz CT molecular complexity index is 396. The van der Waals surface area contributed by atoms with Gasteiger partial charge in [0, 0.05) is 0 Å². The molecule has 2 unspecified atom stereocenters. The molecule has 0 spiro atoms. The van der Waals surface area contributed by atoms with Gasteiger partial charge in [0.1, 0.15) is 11.9 Å². The molecule has 0 fully saturated rings. The van der Waals surface area contributed by atoms with Crippen LogP contribution in [-0.2, 0) is 4.79 Å². The number of carbonyl (C=O) groups is 1. The quantitative estimate of drug-likeness (QED) is 0.890. The molecular weight excluding hydrogens is 283 g/mol. The van der Waals surface area contributed by atoms with Gasteiger partial charge < -0.3 is 14.9 Å². The summed E-state index contributed by atoms with van der Waals surface area (Å²) >= 11 is 3.16. The highest BCUT2D eigenvalue weighted by molar-refractivity contribution is 9.10. The van der Waals surface area contributed by atoms with Crippen LogP contribution in [0.4, 0.5) is 4.39 Å². The Morgan fingerprint density at radius 3 is 2.62 bits per heavy atom. The molecule has 4 nitrogen and oxygen atoms in total. The van der Waals surface area contributed by atoms with Crippen molar-refractivity contribution >= 4 is 21.9 Å². The van der Waals surface area contributed by atoms with Crippen LogP contribution in [0.15, 0.2) is 22.7 Å². The Morgan fingerprint density at radius 2 is 2.19 bits per heavy atom. The lowest BCUT2D eigenvalue weighted by molar-refractivity contribution is -0.147. The van der Waals surface area contributed by atoms with Crippen LogP contribution < -0.4 is 4.74 Å². The first-order chi connectivity index (χ1) is 7.47. The molecule has 0 saturated carbocycles. The summed E-state index contributed by atoms with van der Waals surface area (Å²) in [6.07, 6.45) is -4.04. The largest absolute Gasteiger partial charge is 0.496 e. The van der Waals surface area contributed by atoms with Crippen molar-refractivity contribution in [2.45, 2.75) is 12.3 Å². The molecule has 6 heteroatoms. The number of benzene rings is 1. The van der Waals surface area contributed by atoms with Crippen LogP contribution in [0.2, 0.25) is 0 Å². The van der Waals surface area contributed by atoms with Gasteiger partial charge in [0.05, 0.1) is 11.6 Å². The van der Waals surface area contributed by atoms with E-state index in [1.807, 2.05) is 0 Å². The summed E-state index contributed by atoms with van der Waals surface area (Å²) in [5.74, 6) is -1.18.